The topological polar surface area (TPSA) is 83.8 Å². The average Bonchev–Trinajstić information content (AvgIpc) is 2.50. The molecule has 0 atom stereocenters. The second-order valence-corrected chi connectivity index (χ2v) is 3.76. The summed E-state index contributed by atoms with van der Waals surface area (Å²) in [5, 5.41) is 17.6. The molecule has 0 heterocycles. The third-order valence-electron chi connectivity index (χ3n) is 2.39. The second-order valence-electron chi connectivity index (χ2n) is 3.76. The van der Waals surface area contributed by atoms with E-state index in [-0.39, 0.29) is 11.5 Å². The van der Waals surface area contributed by atoms with Gasteiger partial charge in [-0.3, -0.25) is 9.59 Å². The number of phenolic OH excluding ortho intramolecular Hbond substituents is 2. The van der Waals surface area contributed by atoms with Crippen molar-refractivity contribution < 1.29 is 24.5 Å². The molecule has 0 radical (unpaired) electrons. The fourth-order valence-electron chi connectivity index (χ4n) is 1.30. The molecule has 5 nitrogen and oxygen atoms in total. The van der Waals surface area contributed by atoms with E-state index in [1.54, 1.807) is 31.4 Å². The predicted octanol–water partition coefficient (Wildman–Crippen LogP) is 2.42. The van der Waals surface area contributed by atoms with Crippen LogP contribution in [0.1, 0.15) is 20.7 Å². The molecule has 2 rings (SSSR count). The second kappa shape index (κ2) is 7.58. The van der Waals surface area contributed by atoms with Gasteiger partial charge in [-0.2, -0.15) is 0 Å². The zero-order chi connectivity index (χ0) is 15.0. The van der Waals surface area contributed by atoms with Gasteiger partial charge in [0.2, 0.25) is 0 Å². The minimum absolute atomic E-state index is 0.217. The van der Waals surface area contributed by atoms with E-state index in [1.807, 2.05) is 0 Å². The van der Waals surface area contributed by atoms with Crippen molar-refractivity contribution in [2.75, 3.05) is 7.11 Å². The number of benzene rings is 2. The van der Waals surface area contributed by atoms with Gasteiger partial charge in [-0.05, 0) is 42.5 Å². The monoisotopic (exact) mass is 274 g/mol. The number of aldehydes is 2. The summed E-state index contributed by atoms with van der Waals surface area (Å²) in [4.78, 5) is 20.2. The van der Waals surface area contributed by atoms with Crippen LogP contribution in [0.2, 0.25) is 0 Å². The lowest BCUT2D eigenvalue weighted by atomic mass is 10.2. The van der Waals surface area contributed by atoms with Crippen molar-refractivity contribution in [3.8, 4) is 17.2 Å². The molecule has 0 saturated carbocycles. The third kappa shape index (κ3) is 4.45. The van der Waals surface area contributed by atoms with E-state index in [1.165, 1.54) is 18.2 Å². The van der Waals surface area contributed by atoms with Crippen LogP contribution in [0.25, 0.3) is 0 Å². The molecule has 2 aromatic carbocycles. The Kier molecular flexibility index (Phi) is 5.77. The Morgan fingerprint density at radius 2 is 1.40 bits per heavy atom. The van der Waals surface area contributed by atoms with Crippen LogP contribution in [0.4, 0.5) is 0 Å². The molecule has 0 spiro atoms. The summed E-state index contributed by atoms with van der Waals surface area (Å²) < 4.78 is 4.90. The molecule has 2 N–H and O–H groups in total. The molecule has 0 aromatic heterocycles. The number of hydrogen-bond acceptors (Lipinski definition) is 5. The number of carbonyl (C=O) groups is 2. The van der Waals surface area contributed by atoms with Crippen molar-refractivity contribution in [1.82, 2.24) is 0 Å². The van der Waals surface area contributed by atoms with Gasteiger partial charge in [0.25, 0.3) is 0 Å². The Hall–Kier alpha value is -2.82. The highest BCUT2D eigenvalue weighted by Gasteiger charge is 1.97. The first kappa shape index (κ1) is 15.2. The number of phenols is 2. The number of ether oxygens (including phenoxy) is 1. The van der Waals surface area contributed by atoms with Crippen LogP contribution in [0, 0.1) is 0 Å². The molecule has 0 fully saturated rings. The minimum atomic E-state index is -0.274. The van der Waals surface area contributed by atoms with Crippen molar-refractivity contribution in [3.05, 3.63) is 53.6 Å². The average molecular weight is 274 g/mol. The van der Waals surface area contributed by atoms with E-state index in [0.29, 0.717) is 17.4 Å². The lowest BCUT2D eigenvalue weighted by Gasteiger charge is -1.96. The smallest absolute Gasteiger partial charge is 0.158 e. The summed E-state index contributed by atoms with van der Waals surface area (Å²) in [5.74, 6) is 0.279. The van der Waals surface area contributed by atoms with Gasteiger partial charge in [0.15, 0.2) is 11.5 Å². The third-order valence-corrected chi connectivity index (χ3v) is 2.39. The lowest BCUT2D eigenvalue weighted by Crippen LogP contribution is -1.82. The van der Waals surface area contributed by atoms with Gasteiger partial charge in [-0.1, -0.05) is 0 Å². The van der Waals surface area contributed by atoms with Crippen molar-refractivity contribution in [1.29, 1.82) is 0 Å². The summed E-state index contributed by atoms with van der Waals surface area (Å²) in [6.07, 6.45) is 1.40. The van der Waals surface area contributed by atoms with Crippen LogP contribution in [0.3, 0.4) is 0 Å². The molecule has 0 saturated heterocycles. The predicted molar refractivity (Wildman–Crippen MR) is 73.5 cm³/mol. The van der Waals surface area contributed by atoms with Gasteiger partial charge in [0, 0.05) is 11.1 Å². The molecule has 0 aliphatic heterocycles. The molecule has 104 valence electrons. The van der Waals surface area contributed by atoms with Gasteiger partial charge in [0.1, 0.15) is 18.3 Å². The Morgan fingerprint density at radius 1 is 0.850 bits per heavy atom. The van der Waals surface area contributed by atoms with Crippen LogP contribution in [0.5, 0.6) is 17.2 Å². The van der Waals surface area contributed by atoms with Gasteiger partial charge >= 0.3 is 0 Å². The van der Waals surface area contributed by atoms with Crippen molar-refractivity contribution in [2.45, 2.75) is 0 Å². The molecule has 2 aromatic rings. The first-order chi connectivity index (χ1) is 9.60. The van der Waals surface area contributed by atoms with Crippen LogP contribution in [0.15, 0.2) is 42.5 Å². The lowest BCUT2D eigenvalue weighted by molar-refractivity contribution is 0.111. The van der Waals surface area contributed by atoms with Crippen LogP contribution in [-0.4, -0.2) is 29.9 Å². The Bertz CT molecular complexity index is 575. The van der Waals surface area contributed by atoms with Crippen molar-refractivity contribution in [3.63, 3.8) is 0 Å². The van der Waals surface area contributed by atoms with E-state index >= 15 is 0 Å². The quantitative estimate of drug-likeness (QED) is 0.663. The Balaban J connectivity index is 0.000000200. The van der Waals surface area contributed by atoms with E-state index in [0.717, 1.165) is 12.0 Å². The maximum absolute atomic E-state index is 10.2. The SMILES string of the molecule is COc1ccc(C=O)cc1.O=Cc1ccc(O)c(O)c1. The molecule has 0 aliphatic rings. The largest absolute Gasteiger partial charge is 0.504 e. The molecular weight excluding hydrogens is 260 g/mol. The van der Waals surface area contributed by atoms with E-state index < -0.39 is 0 Å². The molecular formula is C15H14O5. The maximum atomic E-state index is 10.2. The molecule has 0 aliphatic carbocycles. The summed E-state index contributed by atoms with van der Waals surface area (Å²) in [6, 6.07) is 10.8. The minimum Gasteiger partial charge on any atom is -0.504 e. The molecule has 0 bridgehead atoms. The van der Waals surface area contributed by atoms with Gasteiger partial charge < -0.3 is 14.9 Å². The van der Waals surface area contributed by atoms with E-state index in [2.05, 4.69) is 0 Å². The Labute approximate surface area is 116 Å². The molecule has 20 heavy (non-hydrogen) atoms. The number of hydrogen-bond donors (Lipinski definition) is 2. The van der Waals surface area contributed by atoms with Crippen molar-refractivity contribution >= 4 is 12.6 Å². The number of methoxy groups -OCH3 is 1. The number of carbonyl (C=O) groups excluding carboxylic acids is 2. The summed E-state index contributed by atoms with van der Waals surface area (Å²) >= 11 is 0. The standard InChI is InChI=1S/C8H8O2.C7H6O3/c1-10-8-4-2-7(6-9)3-5-8;8-4-5-1-2-6(9)7(10)3-5/h2-6H,1H3;1-4,9-10H. The first-order valence-electron chi connectivity index (χ1n) is 5.67. The first-order valence-corrected chi connectivity index (χ1v) is 5.67. The number of aromatic hydroxyl groups is 2. The zero-order valence-corrected chi connectivity index (χ0v) is 10.8. The Morgan fingerprint density at radius 3 is 1.85 bits per heavy atom. The summed E-state index contributed by atoms with van der Waals surface area (Å²) in [6.45, 7) is 0. The normalized spacial score (nSPS) is 9.05. The fraction of sp³-hybridized carbons (Fsp3) is 0.0667. The molecule has 5 heteroatoms. The molecule has 0 unspecified atom stereocenters. The van der Waals surface area contributed by atoms with Gasteiger partial charge in [-0.15, -0.1) is 0 Å². The fourth-order valence-corrected chi connectivity index (χ4v) is 1.30. The highest BCUT2D eigenvalue weighted by Crippen LogP contribution is 2.23. The van der Waals surface area contributed by atoms with Crippen LogP contribution >= 0.6 is 0 Å². The summed E-state index contributed by atoms with van der Waals surface area (Å²) in [7, 11) is 1.59. The highest BCUT2D eigenvalue weighted by atomic mass is 16.5. The number of rotatable bonds is 3. The summed E-state index contributed by atoms with van der Waals surface area (Å²) in [5.41, 5.74) is 1.01. The van der Waals surface area contributed by atoms with E-state index in [4.69, 9.17) is 14.9 Å². The maximum Gasteiger partial charge on any atom is 0.158 e. The molecule has 0 amide bonds. The van der Waals surface area contributed by atoms with Gasteiger partial charge in [-0.25, -0.2) is 0 Å². The van der Waals surface area contributed by atoms with Crippen LogP contribution in [-0.2, 0) is 0 Å². The van der Waals surface area contributed by atoms with E-state index in [9.17, 15) is 9.59 Å². The van der Waals surface area contributed by atoms with Gasteiger partial charge in [0.05, 0.1) is 7.11 Å². The van der Waals surface area contributed by atoms with Crippen molar-refractivity contribution in [2.24, 2.45) is 0 Å². The highest BCUT2D eigenvalue weighted by molar-refractivity contribution is 5.76. The van der Waals surface area contributed by atoms with Crippen LogP contribution < -0.4 is 4.74 Å². The zero-order valence-electron chi connectivity index (χ0n) is 10.8.